The second kappa shape index (κ2) is 10.7. The summed E-state index contributed by atoms with van der Waals surface area (Å²) in [5.41, 5.74) is 3.35. The van der Waals surface area contributed by atoms with E-state index in [4.69, 9.17) is 14.6 Å². The molecule has 1 fully saturated rings. The Labute approximate surface area is 227 Å². The van der Waals surface area contributed by atoms with E-state index in [9.17, 15) is 18.5 Å². The molecule has 1 saturated heterocycles. The molecule has 204 valence electrons. The Bertz CT molecular complexity index is 1690. The third-order valence-electron chi connectivity index (χ3n) is 7.11. The van der Waals surface area contributed by atoms with Gasteiger partial charge >= 0.3 is 5.97 Å². The van der Waals surface area contributed by atoms with Gasteiger partial charge in [0.2, 0.25) is 0 Å². The van der Waals surface area contributed by atoms with Gasteiger partial charge in [0.05, 0.1) is 30.2 Å². The van der Waals surface area contributed by atoms with Gasteiger partial charge in [0.15, 0.2) is 15.6 Å². The molecule has 0 spiro atoms. The summed E-state index contributed by atoms with van der Waals surface area (Å²) in [6.07, 6.45) is 6.14. The maximum absolute atomic E-state index is 12.7. The van der Waals surface area contributed by atoms with Crippen LogP contribution < -0.4 is 4.74 Å². The van der Waals surface area contributed by atoms with Gasteiger partial charge in [0, 0.05) is 53.6 Å². The summed E-state index contributed by atoms with van der Waals surface area (Å²) in [5, 5.41) is 16.2. The molecule has 11 heteroatoms. The van der Waals surface area contributed by atoms with Crippen molar-refractivity contribution in [1.29, 1.82) is 5.26 Å². The van der Waals surface area contributed by atoms with Gasteiger partial charge in [-0.05, 0) is 56.5 Å². The van der Waals surface area contributed by atoms with Crippen molar-refractivity contribution in [2.45, 2.75) is 44.2 Å². The maximum atomic E-state index is 12.7. The number of hydrogen-bond donors (Lipinski definition) is 1. The van der Waals surface area contributed by atoms with Gasteiger partial charge in [0.1, 0.15) is 17.7 Å². The number of carbonyl (C=O) groups excluding carboxylic acids is 1. The predicted octanol–water partition coefficient (Wildman–Crippen LogP) is 3.56. The molecule has 0 atom stereocenters. The summed E-state index contributed by atoms with van der Waals surface area (Å²) in [6.45, 7) is 5.90. The van der Waals surface area contributed by atoms with Crippen molar-refractivity contribution < 1.29 is 22.7 Å². The highest BCUT2D eigenvalue weighted by atomic mass is 32.2. The number of esters is 1. The first-order valence-corrected chi connectivity index (χ1v) is 14.8. The number of carbonyl (C=O) groups is 1. The molecule has 0 aliphatic carbocycles. The van der Waals surface area contributed by atoms with E-state index < -0.39 is 9.84 Å². The molecule has 2 aromatic carbocycles. The third-order valence-corrected chi connectivity index (χ3v) is 8.27. The average molecular weight is 550 g/mol. The molecule has 2 aromatic heterocycles. The number of nitrogens with one attached hydrogen (secondary N) is 1. The quantitative estimate of drug-likeness (QED) is 0.330. The maximum Gasteiger partial charge on any atom is 0.320 e. The van der Waals surface area contributed by atoms with Gasteiger partial charge in [0.25, 0.3) is 0 Å². The molecule has 0 amide bonds. The van der Waals surface area contributed by atoms with E-state index in [1.807, 2.05) is 30.2 Å². The van der Waals surface area contributed by atoms with Crippen molar-refractivity contribution in [3.63, 3.8) is 0 Å². The highest BCUT2D eigenvalue weighted by molar-refractivity contribution is 7.90. The highest BCUT2D eigenvalue weighted by Gasteiger charge is 2.25. The van der Waals surface area contributed by atoms with Gasteiger partial charge in [-0.15, -0.1) is 0 Å². The lowest BCUT2D eigenvalue weighted by Crippen LogP contribution is -2.41. The number of ether oxygens (including phenoxy) is 2. The van der Waals surface area contributed by atoms with Gasteiger partial charge in [-0.1, -0.05) is 0 Å². The Kier molecular flexibility index (Phi) is 7.34. The van der Waals surface area contributed by atoms with Gasteiger partial charge in [-0.25, -0.2) is 8.42 Å². The summed E-state index contributed by atoms with van der Waals surface area (Å²) in [6, 6.07) is 9.33. The molecular weight excluding hydrogens is 518 g/mol. The Hall–Kier alpha value is -3.88. The minimum Gasteiger partial charge on any atom is -0.487 e. The molecule has 0 unspecified atom stereocenters. The number of piperidine rings is 1. The fourth-order valence-corrected chi connectivity index (χ4v) is 6.25. The summed E-state index contributed by atoms with van der Waals surface area (Å²) >= 11 is 0. The lowest BCUT2D eigenvalue weighted by molar-refractivity contribution is -0.144. The van der Waals surface area contributed by atoms with Crippen LogP contribution in [-0.2, 0) is 25.9 Å². The molecule has 5 rings (SSSR count). The van der Waals surface area contributed by atoms with E-state index in [0.717, 1.165) is 21.9 Å². The number of sulfone groups is 1. The predicted molar refractivity (Wildman–Crippen MR) is 146 cm³/mol. The minimum absolute atomic E-state index is 0.125. The fraction of sp³-hybridized carbons (Fsp3) is 0.393. The Balaban J connectivity index is 1.43. The number of fused-ring (bicyclic) bond motifs is 2. The molecule has 0 radical (unpaired) electrons. The standard InChI is InChI=1S/C28H31N5O5S/c1-4-37-25(34)17-32-11-8-21(9-12-32)38-28-19(14-29)5-6-20-15-33(31-27(20)28)16-23-22-7-10-30-26(22)18(2)13-24(23)39(3,35)36/h5-7,10,13,15,21,30H,4,8-9,11-12,16-17H2,1-3H3. The number of aryl methyl sites for hydroxylation is 1. The molecule has 1 aliphatic rings. The van der Waals surface area contributed by atoms with Crippen LogP contribution in [0.5, 0.6) is 5.75 Å². The van der Waals surface area contributed by atoms with Crippen molar-refractivity contribution in [2.75, 3.05) is 32.5 Å². The van der Waals surface area contributed by atoms with Crippen molar-refractivity contribution >= 4 is 37.6 Å². The molecule has 0 bridgehead atoms. The van der Waals surface area contributed by atoms with Crippen LogP contribution in [-0.4, -0.2) is 72.7 Å². The van der Waals surface area contributed by atoms with E-state index in [0.29, 0.717) is 54.9 Å². The van der Waals surface area contributed by atoms with Crippen LogP contribution in [0.2, 0.25) is 0 Å². The van der Waals surface area contributed by atoms with E-state index >= 15 is 0 Å². The molecule has 10 nitrogen and oxygen atoms in total. The number of rotatable bonds is 8. The zero-order valence-corrected chi connectivity index (χ0v) is 23.0. The summed E-state index contributed by atoms with van der Waals surface area (Å²) in [5.74, 6) is 0.195. The third kappa shape index (κ3) is 5.48. The van der Waals surface area contributed by atoms with Crippen LogP contribution in [0.4, 0.5) is 0 Å². The number of hydrogen-bond acceptors (Lipinski definition) is 8. The Morgan fingerprint density at radius 3 is 2.72 bits per heavy atom. The van der Waals surface area contributed by atoms with Crippen molar-refractivity contribution in [3.05, 3.63) is 53.3 Å². The van der Waals surface area contributed by atoms with Crippen LogP contribution >= 0.6 is 0 Å². The van der Waals surface area contributed by atoms with E-state index in [-0.39, 0.29) is 30.1 Å². The zero-order valence-electron chi connectivity index (χ0n) is 22.2. The second-order valence-electron chi connectivity index (χ2n) is 9.93. The number of aromatic nitrogens is 3. The Morgan fingerprint density at radius 1 is 1.26 bits per heavy atom. The summed E-state index contributed by atoms with van der Waals surface area (Å²) < 4.78 is 38.5. The molecular formula is C28H31N5O5S. The van der Waals surface area contributed by atoms with Crippen LogP contribution in [0.25, 0.3) is 21.8 Å². The van der Waals surface area contributed by atoms with E-state index in [2.05, 4.69) is 11.1 Å². The SMILES string of the molecule is CCOC(=O)CN1CCC(Oc2c(C#N)ccc3cn(Cc4c(S(C)(=O)=O)cc(C)c5[nH]ccc45)nc23)CC1. The van der Waals surface area contributed by atoms with Crippen molar-refractivity contribution in [1.82, 2.24) is 19.7 Å². The van der Waals surface area contributed by atoms with Crippen LogP contribution in [0, 0.1) is 18.3 Å². The topological polar surface area (TPSA) is 130 Å². The van der Waals surface area contributed by atoms with Crippen molar-refractivity contribution in [2.24, 2.45) is 0 Å². The Morgan fingerprint density at radius 2 is 2.03 bits per heavy atom. The monoisotopic (exact) mass is 549 g/mol. The number of likely N-dealkylation sites (tertiary alicyclic amines) is 1. The van der Waals surface area contributed by atoms with E-state index in [1.165, 1.54) is 6.26 Å². The van der Waals surface area contributed by atoms with E-state index in [1.54, 1.807) is 29.9 Å². The first-order chi connectivity index (χ1) is 18.7. The van der Waals surface area contributed by atoms with Crippen LogP contribution in [0.3, 0.4) is 0 Å². The smallest absolute Gasteiger partial charge is 0.320 e. The lowest BCUT2D eigenvalue weighted by atomic mass is 10.1. The molecule has 39 heavy (non-hydrogen) atoms. The normalized spacial score (nSPS) is 15.0. The molecule has 3 heterocycles. The van der Waals surface area contributed by atoms with Crippen molar-refractivity contribution in [3.8, 4) is 11.8 Å². The van der Waals surface area contributed by atoms with Gasteiger partial charge in [-0.3, -0.25) is 14.4 Å². The fourth-order valence-electron chi connectivity index (χ4n) is 5.23. The lowest BCUT2D eigenvalue weighted by Gasteiger charge is -2.31. The first-order valence-electron chi connectivity index (χ1n) is 12.9. The second-order valence-corrected chi connectivity index (χ2v) is 11.9. The zero-order chi connectivity index (χ0) is 27.7. The summed E-state index contributed by atoms with van der Waals surface area (Å²) in [4.78, 5) is 17.3. The summed E-state index contributed by atoms with van der Waals surface area (Å²) in [7, 11) is -3.48. The number of aromatic amines is 1. The molecule has 1 N–H and O–H groups in total. The molecule has 0 saturated carbocycles. The number of nitrogens with zero attached hydrogens (tertiary/aromatic N) is 4. The number of nitriles is 1. The first kappa shape index (κ1) is 26.7. The number of benzene rings is 2. The van der Waals surface area contributed by atoms with Gasteiger partial charge in [-0.2, -0.15) is 10.4 Å². The van der Waals surface area contributed by atoms with Crippen LogP contribution in [0.1, 0.15) is 36.5 Å². The number of H-pyrrole nitrogens is 1. The minimum atomic E-state index is -3.48. The van der Waals surface area contributed by atoms with Gasteiger partial charge < -0.3 is 14.5 Å². The highest BCUT2D eigenvalue weighted by Crippen LogP contribution is 2.33. The largest absolute Gasteiger partial charge is 0.487 e. The van der Waals surface area contributed by atoms with Crippen LogP contribution in [0.15, 0.2) is 41.6 Å². The molecule has 4 aromatic rings. The molecule has 1 aliphatic heterocycles. The average Bonchev–Trinajstić information content (AvgIpc) is 3.54.